The van der Waals surface area contributed by atoms with Crippen molar-refractivity contribution in [2.24, 2.45) is 16.3 Å². The number of hydrazone groups is 1. The zero-order valence-corrected chi connectivity index (χ0v) is 12.6. The third kappa shape index (κ3) is 3.29. The normalized spacial score (nSPS) is 15.7. The van der Waals surface area contributed by atoms with E-state index in [2.05, 4.69) is 30.9 Å². The van der Waals surface area contributed by atoms with Gasteiger partial charge in [0.1, 0.15) is 0 Å². The number of anilines is 1. The number of allylic oxidation sites excluding steroid dienone is 1. The van der Waals surface area contributed by atoms with E-state index >= 15 is 0 Å². The van der Waals surface area contributed by atoms with E-state index < -0.39 is 0 Å². The Morgan fingerprint density at radius 2 is 2.10 bits per heavy atom. The van der Waals surface area contributed by atoms with Crippen LogP contribution in [0.2, 0.25) is 0 Å². The van der Waals surface area contributed by atoms with Crippen LogP contribution in [0.1, 0.15) is 27.7 Å². The number of nitrogens with two attached hydrogens (primary N) is 1. The van der Waals surface area contributed by atoms with Crippen molar-refractivity contribution < 1.29 is 4.74 Å². The lowest BCUT2D eigenvalue weighted by Crippen LogP contribution is -2.33. The summed E-state index contributed by atoms with van der Waals surface area (Å²) in [6, 6.07) is 3.79. The molecular weight excluding hydrogens is 252 g/mol. The first-order chi connectivity index (χ1) is 9.40. The van der Waals surface area contributed by atoms with Gasteiger partial charge in [-0.25, -0.2) is 4.98 Å². The van der Waals surface area contributed by atoms with Gasteiger partial charge in [-0.3, -0.25) is 5.01 Å². The van der Waals surface area contributed by atoms with Crippen LogP contribution >= 0.6 is 0 Å². The van der Waals surface area contributed by atoms with Crippen molar-refractivity contribution in [2.75, 3.05) is 18.2 Å². The Morgan fingerprint density at radius 1 is 1.35 bits per heavy atom. The van der Waals surface area contributed by atoms with Crippen molar-refractivity contribution in [3.63, 3.8) is 0 Å². The SMILES string of the molecule is CCOc1ccc(N2CC(N)=CC(C(C)(C)C)=N2)cn1. The van der Waals surface area contributed by atoms with E-state index in [1.807, 2.05) is 30.1 Å². The molecule has 0 fully saturated rings. The predicted octanol–water partition coefficient (Wildman–Crippen LogP) is 2.55. The van der Waals surface area contributed by atoms with Crippen molar-refractivity contribution in [1.29, 1.82) is 0 Å². The summed E-state index contributed by atoms with van der Waals surface area (Å²) in [7, 11) is 0. The molecule has 2 rings (SSSR count). The van der Waals surface area contributed by atoms with Crippen molar-refractivity contribution in [2.45, 2.75) is 27.7 Å². The molecule has 20 heavy (non-hydrogen) atoms. The summed E-state index contributed by atoms with van der Waals surface area (Å²) in [5.41, 5.74) is 8.66. The minimum absolute atomic E-state index is 0.0397. The van der Waals surface area contributed by atoms with E-state index in [9.17, 15) is 0 Å². The molecule has 0 radical (unpaired) electrons. The second-order valence-corrected chi connectivity index (χ2v) is 5.80. The van der Waals surface area contributed by atoms with E-state index in [4.69, 9.17) is 10.5 Å². The molecule has 5 heteroatoms. The average Bonchev–Trinajstić information content (AvgIpc) is 2.38. The molecule has 0 aromatic carbocycles. The van der Waals surface area contributed by atoms with Gasteiger partial charge in [0.15, 0.2) is 0 Å². The lowest BCUT2D eigenvalue weighted by molar-refractivity contribution is 0.327. The van der Waals surface area contributed by atoms with Crippen LogP contribution in [0.4, 0.5) is 5.69 Å². The molecule has 1 aromatic rings. The smallest absolute Gasteiger partial charge is 0.213 e. The standard InChI is InChI=1S/C15H22N4O/c1-5-20-14-7-6-12(9-17-14)19-10-11(16)8-13(18-19)15(2,3)4/h6-9H,5,10,16H2,1-4H3. The van der Waals surface area contributed by atoms with Gasteiger partial charge < -0.3 is 10.5 Å². The summed E-state index contributed by atoms with van der Waals surface area (Å²) in [6.45, 7) is 9.49. The molecule has 0 bridgehead atoms. The molecular formula is C15H22N4O. The third-order valence-corrected chi connectivity index (χ3v) is 2.96. The van der Waals surface area contributed by atoms with Gasteiger partial charge in [0.2, 0.25) is 5.88 Å². The molecule has 2 N–H and O–H groups in total. The van der Waals surface area contributed by atoms with Gasteiger partial charge in [-0.1, -0.05) is 20.8 Å². The van der Waals surface area contributed by atoms with E-state index in [1.54, 1.807) is 6.20 Å². The molecule has 0 saturated heterocycles. The Labute approximate surface area is 120 Å². The maximum Gasteiger partial charge on any atom is 0.213 e. The summed E-state index contributed by atoms with van der Waals surface area (Å²) >= 11 is 0. The highest BCUT2D eigenvalue weighted by Crippen LogP contribution is 2.25. The monoisotopic (exact) mass is 274 g/mol. The van der Waals surface area contributed by atoms with Crippen LogP contribution in [0.25, 0.3) is 0 Å². The van der Waals surface area contributed by atoms with E-state index in [-0.39, 0.29) is 5.41 Å². The molecule has 1 aliphatic rings. The molecule has 0 saturated carbocycles. The third-order valence-electron chi connectivity index (χ3n) is 2.96. The van der Waals surface area contributed by atoms with E-state index in [0.717, 1.165) is 17.1 Å². The fourth-order valence-electron chi connectivity index (χ4n) is 1.86. The zero-order chi connectivity index (χ0) is 14.8. The fraction of sp³-hybridized carbons (Fsp3) is 0.467. The number of nitrogens with zero attached hydrogens (tertiary/aromatic N) is 3. The van der Waals surface area contributed by atoms with Gasteiger partial charge in [0.05, 0.1) is 30.7 Å². The molecule has 108 valence electrons. The Kier molecular flexibility index (Phi) is 3.97. The van der Waals surface area contributed by atoms with Gasteiger partial charge in [-0.2, -0.15) is 5.10 Å². The topological polar surface area (TPSA) is 63.7 Å². The summed E-state index contributed by atoms with van der Waals surface area (Å²) in [5.74, 6) is 0.622. The second kappa shape index (κ2) is 5.53. The maximum atomic E-state index is 6.02. The van der Waals surface area contributed by atoms with Gasteiger partial charge in [-0.15, -0.1) is 0 Å². The molecule has 0 unspecified atom stereocenters. The molecule has 0 spiro atoms. The lowest BCUT2D eigenvalue weighted by Gasteiger charge is -2.29. The molecule has 2 heterocycles. The Bertz CT molecular complexity index is 526. The number of ether oxygens (including phenoxy) is 1. The molecule has 5 nitrogen and oxygen atoms in total. The lowest BCUT2D eigenvalue weighted by atomic mass is 9.89. The van der Waals surface area contributed by atoms with Gasteiger partial charge in [0, 0.05) is 17.2 Å². The predicted molar refractivity (Wildman–Crippen MR) is 81.9 cm³/mol. The number of pyridine rings is 1. The summed E-state index contributed by atoms with van der Waals surface area (Å²) in [5, 5.41) is 6.54. The van der Waals surface area contributed by atoms with Gasteiger partial charge in [-0.05, 0) is 19.1 Å². The molecule has 0 amide bonds. The highest BCUT2D eigenvalue weighted by Gasteiger charge is 2.23. The van der Waals surface area contributed by atoms with Crippen LogP contribution in [0.3, 0.4) is 0 Å². The highest BCUT2D eigenvalue weighted by molar-refractivity contribution is 6.00. The number of aromatic nitrogens is 1. The van der Waals surface area contributed by atoms with Crippen LogP contribution in [0.15, 0.2) is 35.2 Å². The van der Waals surface area contributed by atoms with Crippen molar-refractivity contribution in [3.8, 4) is 5.88 Å². The van der Waals surface area contributed by atoms with Crippen molar-refractivity contribution >= 4 is 11.4 Å². The van der Waals surface area contributed by atoms with Crippen LogP contribution in [0.5, 0.6) is 5.88 Å². The number of hydrogen-bond acceptors (Lipinski definition) is 5. The van der Waals surface area contributed by atoms with Crippen LogP contribution in [0, 0.1) is 5.41 Å². The van der Waals surface area contributed by atoms with Gasteiger partial charge >= 0.3 is 0 Å². The second-order valence-electron chi connectivity index (χ2n) is 5.80. The summed E-state index contributed by atoms with van der Waals surface area (Å²) in [6.07, 6.45) is 3.71. The summed E-state index contributed by atoms with van der Waals surface area (Å²) < 4.78 is 5.34. The largest absolute Gasteiger partial charge is 0.478 e. The van der Waals surface area contributed by atoms with Gasteiger partial charge in [0.25, 0.3) is 0 Å². The minimum Gasteiger partial charge on any atom is -0.478 e. The minimum atomic E-state index is -0.0397. The van der Waals surface area contributed by atoms with Crippen molar-refractivity contribution in [3.05, 3.63) is 30.1 Å². The maximum absolute atomic E-state index is 6.02. The first-order valence-electron chi connectivity index (χ1n) is 6.81. The fourth-order valence-corrected chi connectivity index (χ4v) is 1.86. The Morgan fingerprint density at radius 3 is 2.65 bits per heavy atom. The number of hydrogen-bond donors (Lipinski definition) is 1. The zero-order valence-electron chi connectivity index (χ0n) is 12.6. The molecule has 1 aliphatic heterocycles. The van der Waals surface area contributed by atoms with E-state index in [1.165, 1.54) is 0 Å². The molecule has 0 aliphatic carbocycles. The molecule has 0 atom stereocenters. The van der Waals surface area contributed by atoms with E-state index in [0.29, 0.717) is 19.0 Å². The van der Waals surface area contributed by atoms with Crippen LogP contribution in [-0.2, 0) is 0 Å². The Balaban J connectivity index is 2.24. The first kappa shape index (κ1) is 14.4. The average molecular weight is 274 g/mol. The highest BCUT2D eigenvalue weighted by atomic mass is 16.5. The molecule has 1 aromatic heterocycles. The van der Waals surface area contributed by atoms with Crippen LogP contribution < -0.4 is 15.5 Å². The quantitative estimate of drug-likeness (QED) is 0.920. The van der Waals surface area contributed by atoms with Crippen LogP contribution in [-0.4, -0.2) is 23.8 Å². The Hall–Kier alpha value is -2.04. The van der Waals surface area contributed by atoms with Crippen molar-refractivity contribution in [1.82, 2.24) is 4.98 Å². The number of rotatable bonds is 3. The first-order valence-corrected chi connectivity index (χ1v) is 6.81. The summed E-state index contributed by atoms with van der Waals surface area (Å²) in [4.78, 5) is 4.26.